The first-order valence-electron chi connectivity index (χ1n) is 2.08. The van der Waals surface area contributed by atoms with Crippen molar-refractivity contribution in [1.82, 2.24) is 0 Å². The molecule has 1 fully saturated rings. The maximum atomic E-state index is 4.94. The maximum absolute atomic E-state index is 4.94. The molecule has 0 bridgehead atoms. The third-order valence-corrected chi connectivity index (χ3v) is 0.827. The van der Waals surface area contributed by atoms with E-state index in [1.165, 1.54) is 12.8 Å². The van der Waals surface area contributed by atoms with Gasteiger partial charge in [0.2, 0.25) is 0 Å². The van der Waals surface area contributed by atoms with Crippen LogP contribution in [0, 0.1) is 31.1 Å². The molecule has 1 heterocycles. The maximum Gasteiger partial charge on any atom is 3.00 e. The van der Waals surface area contributed by atoms with E-state index < -0.39 is 0 Å². The number of hydrogen-bond acceptors (Lipinski definition) is 1. The second-order valence-electron chi connectivity index (χ2n) is 1.32. The van der Waals surface area contributed by atoms with E-state index >= 15 is 0 Å². The summed E-state index contributed by atoms with van der Waals surface area (Å²) >= 11 is 0. The average Bonchev–Trinajstić information content (AvgIpc) is 1.76. The molecule has 1 rings (SSSR count). The molecule has 1 saturated heterocycles. The van der Waals surface area contributed by atoms with Crippen LogP contribution in [0.5, 0.6) is 0 Å². The molecule has 1 aliphatic rings. The summed E-state index contributed by atoms with van der Waals surface area (Å²) in [6.07, 6.45) is 2.56. The SMILES string of the molecule is C1CCOC1.[I-].[I-].[I-].[U+3]. The first-order valence-corrected chi connectivity index (χ1v) is 2.08. The molecular formula is C4H8I3OU. The third-order valence-electron chi connectivity index (χ3n) is 0.827. The van der Waals surface area contributed by atoms with Crippen LogP contribution in [-0.2, 0) is 4.74 Å². The van der Waals surface area contributed by atoms with Crippen molar-refractivity contribution in [3.63, 3.8) is 0 Å². The Kier molecular flexibility index (Phi) is 43.8. The van der Waals surface area contributed by atoms with Gasteiger partial charge in [-0.05, 0) is 12.8 Å². The van der Waals surface area contributed by atoms with E-state index in [1.54, 1.807) is 0 Å². The van der Waals surface area contributed by atoms with Crippen LogP contribution in [0.25, 0.3) is 0 Å². The second kappa shape index (κ2) is 17.3. The van der Waals surface area contributed by atoms with Crippen LogP contribution in [0.1, 0.15) is 12.8 Å². The third kappa shape index (κ3) is 14.1. The van der Waals surface area contributed by atoms with Crippen molar-refractivity contribution in [3.05, 3.63) is 0 Å². The van der Waals surface area contributed by atoms with Crippen LogP contribution < -0.4 is 71.9 Å². The van der Waals surface area contributed by atoms with E-state index in [9.17, 15) is 0 Å². The van der Waals surface area contributed by atoms with Crippen molar-refractivity contribution in [2.45, 2.75) is 12.8 Å². The Morgan fingerprint density at radius 2 is 1.11 bits per heavy atom. The molecule has 0 N–H and O–H groups in total. The minimum absolute atomic E-state index is 0. The van der Waals surface area contributed by atoms with Crippen molar-refractivity contribution in [3.8, 4) is 0 Å². The van der Waals surface area contributed by atoms with Crippen molar-refractivity contribution in [2.24, 2.45) is 0 Å². The van der Waals surface area contributed by atoms with E-state index in [0.717, 1.165) is 13.2 Å². The zero-order chi connectivity index (χ0) is 3.54. The molecule has 0 aliphatic carbocycles. The van der Waals surface area contributed by atoms with Crippen LogP contribution in [-0.4, -0.2) is 13.2 Å². The van der Waals surface area contributed by atoms with Crippen molar-refractivity contribution >= 4 is 0 Å². The minimum atomic E-state index is 0. The van der Waals surface area contributed by atoms with Crippen molar-refractivity contribution in [1.29, 1.82) is 0 Å². The standard InChI is InChI=1S/C4H8O.3HI.U/c1-2-4-5-3-1;;;;/h1-4H2;3*1H;/q;;;;+3/p-3. The van der Waals surface area contributed by atoms with Gasteiger partial charge in [0.05, 0.1) is 0 Å². The molecule has 5 heteroatoms. The normalized spacial score (nSPS) is 13.3. The fraction of sp³-hybridized carbons (Fsp3) is 1.00. The molecule has 0 spiro atoms. The topological polar surface area (TPSA) is 9.23 Å². The monoisotopic (exact) mass is 691 g/mol. The smallest absolute Gasteiger partial charge is 1.00 e. The Morgan fingerprint density at radius 1 is 0.778 bits per heavy atom. The van der Waals surface area contributed by atoms with E-state index in [-0.39, 0.29) is 103 Å². The minimum Gasteiger partial charge on any atom is -1.00 e. The summed E-state index contributed by atoms with van der Waals surface area (Å²) in [6.45, 7) is 2.00. The number of halogens is 3. The first kappa shape index (κ1) is 22.8. The van der Waals surface area contributed by atoms with Crippen molar-refractivity contribution in [2.75, 3.05) is 13.2 Å². The van der Waals surface area contributed by atoms with Gasteiger partial charge in [-0.2, -0.15) is 0 Å². The summed E-state index contributed by atoms with van der Waals surface area (Å²) in [5, 5.41) is 0. The molecule has 0 atom stereocenters. The zero-order valence-electron chi connectivity index (χ0n) is 4.87. The van der Waals surface area contributed by atoms with Gasteiger partial charge in [-0.1, -0.05) is 0 Å². The summed E-state index contributed by atoms with van der Waals surface area (Å²) < 4.78 is 4.94. The van der Waals surface area contributed by atoms with Gasteiger partial charge in [0.25, 0.3) is 0 Å². The molecule has 0 aromatic carbocycles. The zero-order valence-corrected chi connectivity index (χ0v) is 15.5. The van der Waals surface area contributed by atoms with Crippen molar-refractivity contribution < 1.29 is 108 Å². The first-order chi connectivity index (χ1) is 2.50. The largest absolute Gasteiger partial charge is 3.00 e. The molecule has 0 unspecified atom stereocenters. The Balaban J connectivity index is -0.0000000312. The van der Waals surface area contributed by atoms with Gasteiger partial charge < -0.3 is 76.7 Å². The van der Waals surface area contributed by atoms with E-state index in [0.29, 0.717) is 0 Å². The van der Waals surface area contributed by atoms with E-state index in [2.05, 4.69) is 0 Å². The fourth-order valence-corrected chi connectivity index (χ4v) is 0.510. The second-order valence-corrected chi connectivity index (χ2v) is 1.32. The van der Waals surface area contributed by atoms with Gasteiger partial charge in [-0.25, -0.2) is 0 Å². The molecule has 0 amide bonds. The molecule has 0 aromatic heterocycles. The van der Waals surface area contributed by atoms with Gasteiger partial charge >= 0.3 is 31.1 Å². The summed E-state index contributed by atoms with van der Waals surface area (Å²) in [5.41, 5.74) is 0. The predicted molar refractivity (Wildman–Crippen MR) is 20.1 cm³/mol. The molecule has 0 saturated carbocycles. The number of rotatable bonds is 0. The summed E-state index contributed by atoms with van der Waals surface area (Å²) in [4.78, 5) is 0. The molecular weight excluding hydrogens is 683 g/mol. The molecule has 1 aliphatic heterocycles. The number of ether oxygens (including phenoxy) is 1. The molecule has 9 heavy (non-hydrogen) atoms. The van der Waals surface area contributed by atoms with Gasteiger partial charge in [-0.15, -0.1) is 0 Å². The van der Waals surface area contributed by atoms with Crippen LogP contribution in [0.2, 0.25) is 0 Å². The van der Waals surface area contributed by atoms with Crippen LogP contribution in [0.3, 0.4) is 0 Å². The molecule has 55 valence electrons. The summed E-state index contributed by atoms with van der Waals surface area (Å²) in [7, 11) is 0. The Hall–Kier alpha value is 3.20. The Labute approximate surface area is 131 Å². The number of hydrogen-bond donors (Lipinski definition) is 0. The summed E-state index contributed by atoms with van der Waals surface area (Å²) in [5.74, 6) is 0. The van der Waals surface area contributed by atoms with Crippen LogP contribution >= 0.6 is 0 Å². The Morgan fingerprint density at radius 3 is 1.22 bits per heavy atom. The van der Waals surface area contributed by atoms with E-state index in [4.69, 9.17) is 4.74 Å². The predicted octanol–water partition coefficient (Wildman–Crippen LogP) is -8.19. The van der Waals surface area contributed by atoms with E-state index in [1.807, 2.05) is 0 Å². The molecule has 0 aromatic rings. The average molecular weight is 691 g/mol. The summed E-state index contributed by atoms with van der Waals surface area (Å²) in [6, 6.07) is 0. The van der Waals surface area contributed by atoms with Crippen LogP contribution in [0.4, 0.5) is 0 Å². The van der Waals surface area contributed by atoms with Crippen LogP contribution in [0.15, 0.2) is 0 Å². The van der Waals surface area contributed by atoms with Gasteiger partial charge in [0.1, 0.15) is 0 Å². The Bertz CT molecular complexity index is 27.4. The molecule has 1 nitrogen and oxygen atoms in total. The van der Waals surface area contributed by atoms with Gasteiger partial charge in [-0.3, -0.25) is 0 Å². The van der Waals surface area contributed by atoms with Gasteiger partial charge in [0.15, 0.2) is 0 Å². The quantitative estimate of drug-likeness (QED) is 0.230. The fourth-order valence-electron chi connectivity index (χ4n) is 0.510. The van der Waals surface area contributed by atoms with Gasteiger partial charge in [0, 0.05) is 13.2 Å². The molecule has 1 radical (unpaired) electrons.